The minimum atomic E-state index is 0.552. The van der Waals surface area contributed by atoms with Crippen LogP contribution in [0.5, 0.6) is 0 Å². The fourth-order valence-electron chi connectivity index (χ4n) is 1.80. The van der Waals surface area contributed by atoms with Gasteiger partial charge in [-0.2, -0.15) is 0 Å². The van der Waals surface area contributed by atoms with Crippen molar-refractivity contribution in [1.29, 1.82) is 0 Å². The van der Waals surface area contributed by atoms with Crippen LogP contribution in [0.2, 0.25) is 0 Å². The molecule has 0 bridgehead atoms. The largest absolute Gasteiger partial charge is 0.326 e. The molecule has 3 heteroatoms. The van der Waals surface area contributed by atoms with Crippen LogP contribution in [-0.2, 0) is 12.3 Å². The van der Waals surface area contributed by atoms with Gasteiger partial charge >= 0.3 is 0 Å². The zero-order valence-electron chi connectivity index (χ0n) is 10.8. The van der Waals surface area contributed by atoms with Crippen LogP contribution in [-0.4, -0.2) is 4.98 Å². The average molecular weight is 258 g/mol. The number of pyridine rings is 1. The molecule has 2 nitrogen and oxygen atoms in total. The molecule has 18 heavy (non-hydrogen) atoms. The van der Waals surface area contributed by atoms with Gasteiger partial charge in [0.2, 0.25) is 0 Å². The maximum atomic E-state index is 5.61. The van der Waals surface area contributed by atoms with Gasteiger partial charge < -0.3 is 5.73 Å². The zero-order chi connectivity index (χ0) is 13.0. The molecule has 2 N–H and O–H groups in total. The maximum absolute atomic E-state index is 5.61. The van der Waals surface area contributed by atoms with Crippen molar-refractivity contribution in [2.24, 2.45) is 5.73 Å². The molecule has 0 radical (unpaired) electrons. The Balaban J connectivity index is 2.09. The number of benzene rings is 1. The normalized spacial score (nSPS) is 10.6. The van der Waals surface area contributed by atoms with Crippen molar-refractivity contribution in [1.82, 2.24) is 4.98 Å². The summed E-state index contributed by atoms with van der Waals surface area (Å²) in [4.78, 5) is 4.48. The highest BCUT2D eigenvalue weighted by atomic mass is 32.2. The smallest absolute Gasteiger partial charge is 0.0992 e. The van der Waals surface area contributed by atoms with E-state index in [-0.39, 0.29) is 0 Å². The second kappa shape index (κ2) is 6.03. The minimum absolute atomic E-state index is 0.552. The first-order valence-corrected chi connectivity index (χ1v) is 7.02. The highest BCUT2D eigenvalue weighted by molar-refractivity contribution is 7.98. The predicted molar refractivity (Wildman–Crippen MR) is 77.6 cm³/mol. The summed E-state index contributed by atoms with van der Waals surface area (Å²) in [5.74, 6) is 0.961. The van der Waals surface area contributed by atoms with Gasteiger partial charge in [-0.25, -0.2) is 4.98 Å². The van der Waals surface area contributed by atoms with E-state index >= 15 is 0 Å². The van der Waals surface area contributed by atoms with Crippen molar-refractivity contribution in [3.05, 3.63) is 58.8 Å². The highest BCUT2D eigenvalue weighted by Gasteiger charge is 2.04. The fourth-order valence-corrected chi connectivity index (χ4v) is 2.83. The lowest BCUT2D eigenvalue weighted by Gasteiger charge is -2.08. The number of hydrogen-bond acceptors (Lipinski definition) is 3. The molecule has 2 aromatic rings. The van der Waals surface area contributed by atoms with Crippen molar-refractivity contribution in [3.8, 4) is 0 Å². The number of thioether (sulfide) groups is 1. The zero-order valence-corrected chi connectivity index (χ0v) is 11.6. The van der Waals surface area contributed by atoms with Gasteiger partial charge in [-0.15, -0.1) is 11.8 Å². The molecule has 0 saturated heterocycles. The summed E-state index contributed by atoms with van der Waals surface area (Å²) >= 11 is 1.78. The molecular formula is C15H18N2S. The van der Waals surface area contributed by atoms with E-state index in [1.807, 2.05) is 6.20 Å². The Hall–Kier alpha value is -1.32. The van der Waals surface area contributed by atoms with Crippen LogP contribution >= 0.6 is 11.8 Å². The Kier molecular flexibility index (Phi) is 4.39. The molecule has 0 unspecified atom stereocenters. The van der Waals surface area contributed by atoms with E-state index in [0.29, 0.717) is 6.54 Å². The van der Waals surface area contributed by atoms with Crippen LogP contribution in [0.3, 0.4) is 0 Å². The predicted octanol–water partition coefficient (Wildman–Crippen LogP) is 3.45. The highest BCUT2D eigenvalue weighted by Crippen LogP contribution is 2.25. The lowest BCUT2D eigenvalue weighted by Crippen LogP contribution is -1.98. The molecule has 2 rings (SSSR count). The molecule has 0 spiro atoms. The van der Waals surface area contributed by atoms with E-state index in [1.165, 1.54) is 16.7 Å². The first-order chi connectivity index (χ1) is 8.70. The lowest BCUT2D eigenvalue weighted by atomic mass is 10.1. The Labute approximate surface area is 113 Å². The van der Waals surface area contributed by atoms with Crippen LogP contribution in [0.15, 0.2) is 41.6 Å². The standard InChI is InChI=1S/C15H18N2S/c1-11-5-3-4-6-14(11)10-18-15-12(2)7-13(8-16)9-17-15/h3-7,9H,8,10,16H2,1-2H3. The Morgan fingerprint density at radius 1 is 1.17 bits per heavy atom. The summed E-state index contributed by atoms with van der Waals surface area (Å²) in [6.07, 6.45) is 1.87. The molecule has 0 saturated carbocycles. The van der Waals surface area contributed by atoms with Gasteiger partial charge in [0.1, 0.15) is 0 Å². The third-order valence-corrected chi connectivity index (χ3v) is 4.10. The summed E-state index contributed by atoms with van der Waals surface area (Å²) in [6.45, 7) is 4.79. The van der Waals surface area contributed by atoms with Crippen LogP contribution < -0.4 is 5.73 Å². The van der Waals surface area contributed by atoms with Crippen molar-refractivity contribution in [2.75, 3.05) is 0 Å². The Morgan fingerprint density at radius 2 is 1.94 bits per heavy atom. The molecule has 0 aliphatic heterocycles. The second-order valence-electron chi connectivity index (χ2n) is 4.38. The fraction of sp³-hybridized carbons (Fsp3) is 0.267. The first-order valence-electron chi connectivity index (χ1n) is 6.03. The molecule has 94 valence electrons. The number of aromatic nitrogens is 1. The van der Waals surface area contributed by atoms with Gasteiger partial charge in [0.25, 0.3) is 0 Å². The second-order valence-corrected chi connectivity index (χ2v) is 5.35. The Morgan fingerprint density at radius 3 is 2.61 bits per heavy atom. The third kappa shape index (κ3) is 3.12. The monoisotopic (exact) mass is 258 g/mol. The third-order valence-electron chi connectivity index (χ3n) is 2.95. The summed E-state index contributed by atoms with van der Waals surface area (Å²) in [7, 11) is 0. The number of nitrogens with two attached hydrogens (primary N) is 1. The van der Waals surface area contributed by atoms with E-state index in [4.69, 9.17) is 5.73 Å². The summed E-state index contributed by atoms with van der Waals surface area (Å²) in [5, 5.41) is 1.09. The number of hydrogen-bond donors (Lipinski definition) is 1. The molecule has 1 aromatic carbocycles. The van der Waals surface area contributed by atoms with Crippen molar-refractivity contribution >= 4 is 11.8 Å². The topological polar surface area (TPSA) is 38.9 Å². The Bertz CT molecular complexity index is 538. The van der Waals surface area contributed by atoms with Crippen molar-refractivity contribution in [2.45, 2.75) is 31.2 Å². The molecular weight excluding hydrogens is 240 g/mol. The van der Waals surface area contributed by atoms with E-state index in [1.54, 1.807) is 11.8 Å². The van der Waals surface area contributed by atoms with Gasteiger partial charge in [-0.3, -0.25) is 0 Å². The van der Waals surface area contributed by atoms with E-state index in [2.05, 4.69) is 49.2 Å². The van der Waals surface area contributed by atoms with Crippen LogP contribution in [0, 0.1) is 13.8 Å². The molecule has 0 amide bonds. The van der Waals surface area contributed by atoms with Gasteiger partial charge in [0.05, 0.1) is 5.03 Å². The van der Waals surface area contributed by atoms with Gasteiger partial charge in [-0.1, -0.05) is 30.3 Å². The molecule has 0 atom stereocenters. The number of aryl methyl sites for hydroxylation is 2. The number of nitrogens with zero attached hydrogens (tertiary/aromatic N) is 1. The van der Waals surface area contributed by atoms with Crippen LogP contribution in [0.4, 0.5) is 0 Å². The quantitative estimate of drug-likeness (QED) is 0.854. The molecule has 0 aliphatic carbocycles. The van der Waals surface area contributed by atoms with E-state index in [0.717, 1.165) is 16.3 Å². The minimum Gasteiger partial charge on any atom is -0.326 e. The summed E-state index contributed by atoms with van der Waals surface area (Å²) in [6, 6.07) is 10.6. The summed E-state index contributed by atoms with van der Waals surface area (Å²) < 4.78 is 0. The number of rotatable bonds is 4. The van der Waals surface area contributed by atoms with E-state index in [9.17, 15) is 0 Å². The first kappa shape index (κ1) is 13.1. The van der Waals surface area contributed by atoms with Gasteiger partial charge in [0.15, 0.2) is 0 Å². The van der Waals surface area contributed by atoms with Crippen LogP contribution in [0.1, 0.15) is 22.3 Å². The molecule has 0 aliphatic rings. The van der Waals surface area contributed by atoms with Crippen LogP contribution in [0.25, 0.3) is 0 Å². The molecule has 0 fully saturated rings. The van der Waals surface area contributed by atoms with Gasteiger partial charge in [-0.05, 0) is 36.1 Å². The van der Waals surface area contributed by atoms with Gasteiger partial charge in [0, 0.05) is 18.5 Å². The molecule has 1 aromatic heterocycles. The van der Waals surface area contributed by atoms with E-state index < -0.39 is 0 Å². The maximum Gasteiger partial charge on any atom is 0.0992 e. The average Bonchev–Trinajstić information content (AvgIpc) is 2.39. The molecule has 1 heterocycles. The SMILES string of the molecule is Cc1ccccc1CSc1ncc(CN)cc1C. The summed E-state index contributed by atoms with van der Waals surface area (Å²) in [5.41, 5.74) is 10.6. The lowest BCUT2D eigenvalue weighted by molar-refractivity contribution is 0.988. The van der Waals surface area contributed by atoms with Crippen molar-refractivity contribution in [3.63, 3.8) is 0 Å². The van der Waals surface area contributed by atoms with Crippen molar-refractivity contribution < 1.29 is 0 Å².